The SMILES string of the molecule is CCCCCCCCCCCCC(=O)Oc1cccc2ccccc12. The minimum atomic E-state index is -0.115. The van der Waals surface area contributed by atoms with E-state index in [0.29, 0.717) is 12.2 Å². The molecule has 2 aromatic rings. The van der Waals surface area contributed by atoms with E-state index in [0.717, 1.165) is 23.6 Å². The van der Waals surface area contributed by atoms with Crippen LogP contribution in [0.2, 0.25) is 0 Å². The van der Waals surface area contributed by atoms with Crippen molar-refractivity contribution in [2.75, 3.05) is 0 Å². The third-order valence-electron chi connectivity index (χ3n) is 4.71. The van der Waals surface area contributed by atoms with Gasteiger partial charge < -0.3 is 4.74 Å². The molecule has 0 atom stereocenters. The van der Waals surface area contributed by atoms with Crippen LogP contribution in [0.3, 0.4) is 0 Å². The smallest absolute Gasteiger partial charge is 0.311 e. The highest BCUT2D eigenvalue weighted by Gasteiger charge is 2.07. The average molecular weight is 341 g/mol. The Morgan fingerprint density at radius 3 is 2.08 bits per heavy atom. The molecule has 0 aliphatic rings. The zero-order chi connectivity index (χ0) is 17.7. The second-order valence-corrected chi connectivity index (χ2v) is 6.88. The van der Waals surface area contributed by atoms with E-state index in [1.54, 1.807) is 0 Å². The molecule has 0 saturated heterocycles. The fourth-order valence-corrected chi connectivity index (χ4v) is 3.22. The van der Waals surface area contributed by atoms with Crippen LogP contribution in [0, 0.1) is 0 Å². The average Bonchev–Trinajstić information content (AvgIpc) is 2.63. The topological polar surface area (TPSA) is 26.3 Å². The number of hydrogen-bond acceptors (Lipinski definition) is 2. The first-order valence-corrected chi connectivity index (χ1v) is 9.99. The van der Waals surface area contributed by atoms with Gasteiger partial charge >= 0.3 is 5.97 Å². The molecule has 25 heavy (non-hydrogen) atoms. The van der Waals surface area contributed by atoms with Crippen LogP contribution in [0.4, 0.5) is 0 Å². The standard InChI is InChI=1S/C23H32O2/c1-2-3-4-5-6-7-8-9-10-11-19-23(24)25-22-18-14-16-20-15-12-13-17-21(20)22/h12-18H,2-11,19H2,1H3. The molecule has 0 aromatic heterocycles. The van der Waals surface area contributed by atoms with E-state index < -0.39 is 0 Å². The quantitative estimate of drug-likeness (QED) is 0.235. The van der Waals surface area contributed by atoms with Gasteiger partial charge in [-0.3, -0.25) is 4.79 Å². The van der Waals surface area contributed by atoms with E-state index in [1.807, 2.05) is 42.5 Å². The Kier molecular flexibility index (Phi) is 9.11. The first-order chi connectivity index (χ1) is 12.3. The first-order valence-electron chi connectivity index (χ1n) is 9.99. The van der Waals surface area contributed by atoms with Crippen molar-refractivity contribution >= 4 is 16.7 Å². The number of carbonyl (C=O) groups excluding carboxylic acids is 1. The van der Waals surface area contributed by atoms with Crippen molar-refractivity contribution in [2.45, 2.75) is 77.6 Å². The molecule has 2 aromatic carbocycles. The number of ether oxygens (including phenoxy) is 1. The van der Waals surface area contributed by atoms with E-state index in [9.17, 15) is 4.79 Å². The van der Waals surface area contributed by atoms with E-state index in [4.69, 9.17) is 4.74 Å². The Morgan fingerprint density at radius 2 is 1.36 bits per heavy atom. The van der Waals surface area contributed by atoms with E-state index in [1.165, 1.54) is 51.4 Å². The third kappa shape index (κ3) is 7.29. The molecule has 2 nitrogen and oxygen atoms in total. The Bertz CT molecular complexity index is 628. The van der Waals surface area contributed by atoms with Gasteiger partial charge in [-0.2, -0.15) is 0 Å². The van der Waals surface area contributed by atoms with Crippen LogP contribution in [0.25, 0.3) is 10.8 Å². The molecule has 0 spiro atoms. The van der Waals surface area contributed by atoms with Crippen molar-refractivity contribution < 1.29 is 9.53 Å². The van der Waals surface area contributed by atoms with Crippen molar-refractivity contribution in [3.05, 3.63) is 42.5 Å². The van der Waals surface area contributed by atoms with E-state index in [2.05, 4.69) is 6.92 Å². The van der Waals surface area contributed by atoms with Gasteiger partial charge in [-0.05, 0) is 17.9 Å². The molecule has 0 aliphatic heterocycles. The lowest BCUT2D eigenvalue weighted by atomic mass is 10.1. The molecule has 0 unspecified atom stereocenters. The van der Waals surface area contributed by atoms with Crippen molar-refractivity contribution in [2.24, 2.45) is 0 Å². The Balaban J connectivity index is 1.58. The molecular weight excluding hydrogens is 308 g/mol. The van der Waals surface area contributed by atoms with Crippen molar-refractivity contribution in [3.8, 4) is 5.75 Å². The second kappa shape index (κ2) is 11.7. The molecule has 0 aliphatic carbocycles. The minimum Gasteiger partial charge on any atom is -0.426 e. The van der Waals surface area contributed by atoms with Gasteiger partial charge in [0.15, 0.2) is 0 Å². The monoisotopic (exact) mass is 340 g/mol. The van der Waals surface area contributed by atoms with Gasteiger partial charge in [0.25, 0.3) is 0 Å². The van der Waals surface area contributed by atoms with Gasteiger partial charge in [-0.25, -0.2) is 0 Å². The summed E-state index contributed by atoms with van der Waals surface area (Å²) in [4.78, 5) is 12.1. The van der Waals surface area contributed by atoms with Crippen LogP contribution >= 0.6 is 0 Å². The highest BCUT2D eigenvalue weighted by atomic mass is 16.5. The molecule has 2 heteroatoms. The molecule has 0 fully saturated rings. The molecule has 0 amide bonds. The molecule has 0 saturated carbocycles. The maximum Gasteiger partial charge on any atom is 0.311 e. The minimum absolute atomic E-state index is 0.115. The highest BCUT2D eigenvalue weighted by molar-refractivity contribution is 5.90. The molecule has 0 heterocycles. The lowest BCUT2D eigenvalue weighted by Crippen LogP contribution is -2.07. The molecule has 0 N–H and O–H groups in total. The van der Waals surface area contributed by atoms with Gasteiger partial charge in [0.2, 0.25) is 0 Å². The van der Waals surface area contributed by atoms with Crippen molar-refractivity contribution in [1.82, 2.24) is 0 Å². The van der Waals surface area contributed by atoms with Crippen LogP contribution in [0.5, 0.6) is 5.75 Å². The summed E-state index contributed by atoms with van der Waals surface area (Å²) in [6, 6.07) is 13.9. The maximum atomic E-state index is 12.1. The first kappa shape index (κ1) is 19.5. The number of carbonyl (C=O) groups is 1. The summed E-state index contributed by atoms with van der Waals surface area (Å²) in [5.41, 5.74) is 0. The van der Waals surface area contributed by atoms with E-state index >= 15 is 0 Å². The van der Waals surface area contributed by atoms with Gasteiger partial charge in [0.05, 0.1) is 0 Å². The molecule has 2 rings (SSSR count). The summed E-state index contributed by atoms with van der Waals surface area (Å²) < 4.78 is 5.57. The van der Waals surface area contributed by atoms with Gasteiger partial charge in [-0.1, -0.05) is 101 Å². The number of esters is 1. The summed E-state index contributed by atoms with van der Waals surface area (Å²) in [7, 11) is 0. The summed E-state index contributed by atoms with van der Waals surface area (Å²) in [5, 5.41) is 2.10. The highest BCUT2D eigenvalue weighted by Crippen LogP contribution is 2.25. The van der Waals surface area contributed by atoms with Crippen molar-refractivity contribution in [3.63, 3.8) is 0 Å². The van der Waals surface area contributed by atoms with Gasteiger partial charge in [0.1, 0.15) is 5.75 Å². The largest absolute Gasteiger partial charge is 0.426 e. The number of benzene rings is 2. The molecule has 0 radical (unpaired) electrons. The zero-order valence-electron chi connectivity index (χ0n) is 15.6. The zero-order valence-corrected chi connectivity index (χ0v) is 15.6. The normalized spacial score (nSPS) is 10.9. The molecular formula is C23H32O2. The lowest BCUT2D eigenvalue weighted by molar-refractivity contribution is -0.134. The Morgan fingerprint density at radius 1 is 0.760 bits per heavy atom. The summed E-state index contributed by atoms with van der Waals surface area (Å²) in [6.45, 7) is 2.26. The summed E-state index contributed by atoms with van der Waals surface area (Å²) >= 11 is 0. The number of unbranched alkanes of at least 4 members (excludes halogenated alkanes) is 9. The third-order valence-corrected chi connectivity index (χ3v) is 4.71. The predicted molar refractivity (Wildman–Crippen MR) is 106 cm³/mol. The summed E-state index contributed by atoms with van der Waals surface area (Å²) in [6.07, 6.45) is 13.3. The fraction of sp³-hybridized carbons (Fsp3) is 0.522. The van der Waals surface area contributed by atoms with Gasteiger partial charge in [0, 0.05) is 11.8 Å². The van der Waals surface area contributed by atoms with Crippen LogP contribution < -0.4 is 4.74 Å². The second-order valence-electron chi connectivity index (χ2n) is 6.88. The van der Waals surface area contributed by atoms with Gasteiger partial charge in [-0.15, -0.1) is 0 Å². The number of hydrogen-bond donors (Lipinski definition) is 0. The van der Waals surface area contributed by atoms with Crippen LogP contribution in [0.1, 0.15) is 77.6 Å². The Labute approximate surface area is 152 Å². The number of rotatable bonds is 12. The molecule has 136 valence electrons. The number of fused-ring (bicyclic) bond motifs is 1. The fourth-order valence-electron chi connectivity index (χ4n) is 3.22. The van der Waals surface area contributed by atoms with Crippen molar-refractivity contribution in [1.29, 1.82) is 0 Å². The maximum absolute atomic E-state index is 12.1. The van der Waals surface area contributed by atoms with Crippen LogP contribution in [-0.2, 0) is 4.79 Å². The molecule has 0 bridgehead atoms. The lowest BCUT2D eigenvalue weighted by Gasteiger charge is -2.07. The predicted octanol–water partition coefficient (Wildman–Crippen LogP) is 7.06. The van der Waals surface area contributed by atoms with Crippen LogP contribution in [0.15, 0.2) is 42.5 Å². The van der Waals surface area contributed by atoms with E-state index in [-0.39, 0.29) is 5.97 Å². The summed E-state index contributed by atoms with van der Waals surface area (Å²) in [5.74, 6) is 0.561. The van der Waals surface area contributed by atoms with Crippen LogP contribution in [-0.4, -0.2) is 5.97 Å². The Hall–Kier alpha value is -1.83.